The first-order valence-corrected chi connectivity index (χ1v) is 6.01. The van der Waals surface area contributed by atoms with Crippen molar-refractivity contribution in [2.75, 3.05) is 19.7 Å². The summed E-state index contributed by atoms with van der Waals surface area (Å²) >= 11 is 0. The van der Waals surface area contributed by atoms with E-state index in [2.05, 4.69) is 24.0 Å². The monoisotopic (exact) mass is 248 g/mol. The summed E-state index contributed by atoms with van der Waals surface area (Å²) in [7, 11) is 0. The Bertz CT molecular complexity index is 365. The van der Waals surface area contributed by atoms with E-state index in [1.165, 1.54) is 11.6 Å². The fraction of sp³-hybridized carbons (Fsp3) is 0.357. The SMILES string of the molecule is C=CCOC(=O)NC[C@@H](CN)Cc1ccccc1. The normalized spacial score (nSPS) is 11.6. The maximum absolute atomic E-state index is 11.3. The molecular formula is C14H20N2O2. The van der Waals surface area contributed by atoms with Gasteiger partial charge in [-0.05, 0) is 24.4 Å². The zero-order valence-electron chi connectivity index (χ0n) is 10.5. The van der Waals surface area contributed by atoms with Crippen LogP contribution in [-0.4, -0.2) is 25.8 Å². The zero-order chi connectivity index (χ0) is 13.2. The summed E-state index contributed by atoms with van der Waals surface area (Å²) < 4.78 is 4.83. The molecule has 98 valence electrons. The van der Waals surface area contributed by atoms with Crippen LogP contribution in [0.25, 0.3) is 0 Å². The highest BCUT2D eigenvalue weighted by atomic mass is 16.5. The minimum atomic E-state index is -0.429. The lowest BCUT2D eigenvalue weighted by Gasteiger charge is -2.15. The number of ether oxygens (including phenoxy) is 1. The second-order valence-corrected chi connectivity index (χ2v) is 4.06. The number of hydrogen-bond acceptors (Lipinski definition) is 3. The lowest BCUT2D eigenvalue weighted by Crippen LogP contribution is -2.34. The number of amides is 1. The van der Waals surface area contributed by atoms with E-state index in [0.717, 1.165) is 6.42 Å². The highest BCUT2D eigenvalue weighted by Gasteiger charge is 2.10. The van der Waals surface area contributed by atoms with E-state index in [1.54, 1.807) is 0 Å². The van der Waals surface area contributed by atoms with Crippen LogP contribution in [0.2, 0.25) is 0 Å². The second-order valence-electron chi connectivity index (χ2n) is 4.06. The van der Waals surface area contributed by atoms with Crippen LogP contribution in [0.1, 0.15) is 5.56 Å². The minimum absolute atomic E-state index is 0.212. The lowest BCUT2D eigenvalue weighted by atomic mass is 9.99. The Morgan fingerprint density at radius 1 is 1.44 bits per heavy atom. The van der Waals surface area contributed by atoms with Crippen LogP contribution in [-0.2, 0) is 11.2 Å². The molecule has 0 aliphatic rings. The van der Waals surface area contributed by atoms with Crippen molar-refractivity contribution in [3.8, 4) is 0 Å². The van der Waals surface area contributed by atoms with Crippen molar-refractivity contribution in [1.82, 2.24) is 5.32 Å². The van der Waals surface area contributed by atoms with Crippen molar-refractivity contribution in [1.29, 1.82) is 0 Å². The highest BCUT2D eigenvalue weighted by molar-refractivity contribution is 5.67. The number of nitrogens with two attached hydrogens (primary N) is 1. The smallest absolute Gasteiger partial charge is 0.407 e. The Morgan fingerprint density at radius 2 is 2.17 bits per heavy atom. The van der Waals surface area contributed by atoms with E-state index in [0.29, 0.717) is 13.1 Å². The number of hydrogen-bond donors (Lipinski definition) is 2. The minimum Gasteiger partial charge on any atom is -0.445 e. The quantitative estimate of drug-likeness (QED) is 0.722. The van der Waals surface area contributed by atoms with Gasteiger partial charge in [0.2, 0.25) is 0 Å². The summed E-state index contributed by atoms with van der Waals surface area (Å²) in [5, 5.41) is 2.70. The molecular weight excluding hydrogens is 228 g/mol. The molecule has 0 radical (unpaired) electrons. The number of alkyl carbamates (subject to hydrolysis) is 1. The fourth-order valence-electron chi connectivity index (χ4n) is 1.60. The largest absolute Gasteiger partial charge is 0.445 e. The first kappa shape index (κ1) is 14.3. The van der Waals surface area contributed by atoms with Gasteiger partial charge in [0.05, 0.1) is 0 Å². The lowest BCUT2D eigenvalue weighted by molar-refractivity contribution is 0.156. The van der Waals surface area contributed by atoms with E-state index < -0.39 is 6.09 Å². The Kier molecular flexibility index (Phi) is 6.58. The van der Waals surface area contributed by atoms with Gasteiger partial charge < -0.3 is 15.8 Å². The molecule has 1 atom stereocenters. The van der Waals surface area contributed by atoms with Gasteiger partial charge in [0, 0.05) is 6.54 Å². The molecule has 0 aromatic heterocycles. The molecule has 0 aliphatic carbocycles. The van der Waals surface area contributed by atoms with Crippen molar-refractivity contribution in [2.24, 2.45) is 11.7 Å². The van der Waals surface area contributed by atoms with Crippen molar-refractivity contribution in [3.05, 3.63) is 48.6 Å². The predicted octanol–water partition coefficient (Wildman–Crippen LogP) is 1.72. The third-order valence-electron chi connectivity index (χ3n) is 2.57. The molecule has 4 nitrogen and oxygen atoms in total. The van der Waals surface area contributed by atoms with Gasteiger partial charge in [-0.2, -0.15) is 0 Å². The Labute approximate surface area is 108 Å². The van der Waals surface area contributed by atoms with Gasteiger partial charge in [0.15, 0.2) is 0 Å². The van der Waals surface area contributed by atoms with Gasteiger partial charge in [0.25, 0.3) is 0 Å². The van der Waals surface area contributed by atoms with Crippen molar-refractivity contribution < 1.29 is 9.53 Å². The molecule has 0 heterocycles. The maximum atomic E-state index is 11.3. The molecule has 1 amide bonds. The number of rotatable bonds is 7. The maximum Gasteiger partial charge on any atom is 0.407 e. The molecule has 0 saturated carbocycles. The molecule has 1 aromatic rings. The molecule has 0 aliphatic heterocycles. The number of carbonyl (C=O) groups excluding carboxylic acids is 1. The average molecular weight is 248 g/mol. The summed E-state index contributed by atoms with van der Waals surface area (Å²) in [6.45, 7) is 4.73. The molecule has 0 saturated heterocycles. The van der Waals surface area contributed by atoms with Crippen LogP contribution in [0.4, 0.5) is 4.79 Å². The van der Waals surface area contributed by atoms with E-state index >= 15 is 0 Å². The third-order valence-corrected chi connectivity index (χ3v) is 2.57. The molecule has 0 bridgehead atoms. The van der Waals surface area contributed by atoms with E-state index in [1.807, 2.05) is 18.2 Å². The number of nitrogens with one attached hydrogen (secondary N) is 1. The summed E-state index contributed by atoms with van der Waals surface area (Å²) in [6, 6.07) is 10.1. The predicted molar refractivity (Wildman–Crippen MR) is 72.2 cm³/mol. The molecule has 18 heavy (non-hydrogen) atoms. The first-order chi connectivity index (χ1) is 8.76. The van der Waals surface area contributed by atoms with Crippen molar-refractivity contribution >= 4 is 6.09 Å². The van der Waals surface area contributed by atoms with E-state index in [-0.39, 0.29) is 12.5 Å². The zero-order valence-corrected chi connectivity index (χ0v) is 10.5. The van der Waals surface area contributed by atoms with Crippen LogP contribution in [0.5, 0.6) is 0 Å². The summed E-state index contributed by atoms with van der Waals surface area (Å²) in [5.41, 5.74) is 6.92. The van der Waals surface area contributed by atoms with Crippen LogP contribution in [0, 0.1) is 5.92 Å². The molecule has 0 fully saturated rings. The van der Waals surface area contributed by atoms with Gasteiger partial charge in [-0.3, -0.25) is 0 Å². The number of benzene rings is 1. The van der Waals surface area contributed by atoms with Crippen molar-refractivity contribution in [3.63, 3.8) is 0 Å². The van der Waals surface area contributed by atoms with Crippen LogP contribution in [0.15, 0.2) is 43.0 Å². The molecule has 3 N–H and O–H groups in total. The van der Waals surface area contributed by atoms with E-state index in [4.69, 9.17) is 10.5 Å². The molecule has 1 rings (SSSR count). The first-order valence-electron chi connectivity index (χ1n) is 6.01. The highest BCUT2D eigenvalue weighted by Crippen LogP contribution is 2.06. The van der Waals surface area contributed by atoms with Crippen LogP contribution in [0.3, 0.4) is 0 Å². The topological polar surface area (TPSA) is 64.3 Å². The fourth-order valence-corrected chi connectivity index (χ4v) is 1.60. The van der Waals surface area contributed by atoms with Crippen LogP contribution >= 0.6 is 0 Å². The van der Waals surface area contributed by atoms with Gasteiger partial charge >= 0.3 is 6.09 Å². The Hall–Kier alpha value is -1.81. The summed E-state index contributed by atoms with van der Waals surface area (Å²) in [6.07, 6.45) is 1.95. The number of carbonyl (C=O) groups is 1. The van der Waals surface area contributed by atoms with Crippen molar-refractivity contribution in [2.45, 2.75) is 6.42 Å². The summed E-state index contributed by atoms with van der Waals surface area (Å²) in [5.74, 6) is 0.212. The second kappa shape index (κ2) is 8.31. The van der Waals surface area contributed by atoms with Crippen LogP contribution < -0.4 is 11.1 Å². The molecule has 0 spiro atoms. The molecule has 0 unspecified atom stereocenters. The van der Waals surface area contributed by atoms with Gasteiger partial charge in [-0.25, -0.2) is 4.79 Å². The standard InChI is InChI=1S/C14H20N2O2/c1-2-8-18-14(17)16-11-13(10-15)9-12-6-4-3-5-7-12/h2-7,13H,1,8-11,15H2,(H,16,17)/t13-/m1/s1. The van der Waals surface area contributed by atoms with Gasteiger partial charge in [-0.15, -0.1) is 0 Å². The Balaban J connectivity index is 2.34. The van der Waals surface area contributed by atoms with Gasteiger partial charge in [-0.1, -0.05) is 43.0 Å². The molecule has 1 aromatic carbocycles. The Morgan fingerprint density at radius 3 is 2.78 bits per heavy atom. The average Bonchev–Trinajstić information content (AvgIpc) is 2.42. The molecule has 4 heteroatoms. The van der Waals surface area contributed by atoms with Gasteiger partial charge in [0.1, 0.15) is 6.61 Å². The summed E-state index contributed by atoms with van der Waals surface area (Å²) in [4.78, 5) is 11.3. The third kappa shape index (κ3) is 5.50. The van der Waals surface area contributed by atoms with E-state index in [9.17, 15) is 4.79 Å².